The Bertz CT molecular complexity index is 875. The predicted molar refractivity (Wildman–Crippen MR) is 128 cm³/mol. The molecule has 0 aromatic heterocycles. The molecular weight excluding hydrogens is 414 g/mol. The highest BCUT2D eigenvalue weighted by atomic mass is 32.2. The molecule has 2 aliphatic rings. The van der Waals surface area contributed by atoms with Gasteiger partial charge in [0.2, 0.25) is 0 Å². The number of carbonyl (C=O) groups is 1. The Balaban J connectivity index is 1.61. The lowest BCUT2D eigenvalue weighted by Gasteiger charge is -2.39. The third kappa shape index (κ3) is 4.52. The Hall–Kier alpha value is -1.21. The maximum absolute atomic E-state index is 13.5. The van der Waals surface area contributed by atoms with Crippen molar-refractivity contribution in [3.05, 3.63) is 47.5 Å². The largest absolute Gasteiger partial charge is 0.377 e. The van der Waals surface area contributed by atoms with Crippen molar-refractivity contribution in [1.82, 2.24) is 4.90 Å². The highest BCUT2D eigenvalue weighted by Crippen LogP contribution is 2.44. The minimum Gasteiger partial charge on any atom is -0.377 e. The Kier molecular flexibility index (Phi) is 7.63. The van der Waals surface area contributed by atoms with E-state index in [2.05, 4.69) is 37.3 Å². The average molecular weight is 446 g/mol. The fraction of sp³-hybridized carbons (Fsp3) is 0.542. The number of nitrogens with zero attached hydrogens (tertiary/aromatic N) is 1. The molecule has 0 aliphatic carbocycles. The summed E-state index contributed by atoms with van der Waals surface area (Å²) in [6.45, 7) is 5.11. The van der Waals surface area contributed by atoms with Crippen LogP contribution in [0.15, 0.2) is 36.4 Å². The molecule has 4 nitrogen and oxygen atoms in total. The van der Waals surface area contributed by atoms with E-state index in [0.717, 1.165) is 35.1 Å². The van der Waals surface area contributed by atoms with Crippen LogP contribution in [0.4, 0.5) is 0 Å². The zero-order valence-corrected chi connectivity index (χ0v) is 19.4. The first-order chi connectivity index (χ1) is 14.8. The molecule has 1 amide bonds. The molecule has 1 atom stereocenters. The van der Waals surface area contributed by atoms with Gasteiger partial charge in [0.1, 0.15) is 0 Å². The molecule has 1 fully saturated rings. The smallest absolute Gasteiger partial charge is 0.255 e. The molecule has 2 aliphatic heterocycles. The van der Waals surface area contributed by atoms with E-state index in [9.17, 15) is 4.79 Å². The summed E-state index contributed by atoms with van der Waals surface area (Å²) in [6, 6.07) is 12.6. The normalized spacial score (nSPS) is 21.8. The quantitative estimate of drug-likeness (QED) is 0.546. The summed E-state index contributed by atoms with van der Waals surface area (Å²) >= 11 is 4.02. The van der Waals surface area contributed by atoms with Crippen molar-refractivity contribution in [2.75, 3.05) is 56.0 Å². The van der Waals surface area contributed by atoms with Crippen LogP contribution in [-0.2, 0) is 15.0 Å². The second-order valence-corrected chi connectivity index (χ2v) is 10.4. The van der Waals surface area contributed by atoms with Gasteiger partial charge in [-0.05, 0) is 52.8 Å². The molecule has 30 heavy (non-hydrogen) atoms. The standard InChI is InChI=1S/C24H31NO3S2/c1-2-29-14-15-30-13-5-8-24-18-28-12-11-27-10-9-25(24)23(26)21-16-19-6-3-4-7-20(19)17-22(21)24/h3-4,6-7,16-17H,2,5,8-15,18H2,1H3. The molecule has 162 valence electrons. The zero-order chi connectivity index (χ0) is 20.8. The lowest BCUT2D eigenvalue weighted by atomic mass is 9.84. The van der Waals surface area contributed by atoms with Crippen LogP contribution < -0.4 is 0 Å². The maximum Gasteiger partial charge on any atom is 0.255 e. The van der Waals surface area contributed by atoms with Gasteiger partial charge in [0.15, 0.2) is 0 Å². The van der Waals surface area contributed by atoms with Crippen LogP contribution >= 0.6 is 23.5 Å². The van der Waals surface area contributed by atoms with E-state index in [0.29, 0.717) is 33.0 Å². The number of hydrogen-bond acceptors (Lipinski definition) is 5. The predicted octanol–water partition coefficient (Wildman–Crippen LogP) is 4.80. The van der Waals surface area contributed by atoms with Crippen molar-refractivity contribution in [2.45, 2.75) is 25.3 Å². The third-order valence-electron chi connectivity index (χ3n) is 6.01. The Morgan fingerprint density at radius 1 is 1.00 bits per heavy atom. The van der Waals surface area contributed by atoms with Gasteiger partial charge in [0, 0.05) is 23.6 Å². The van der Waals surface area contributed by atoms with Crippen molar-refractivity contribution in [2.24, 2.45) is 0 Å². The number of rotatable bonds is 8. The van der Waals surface area contributed by atoms with E-state index in [1.165, 1.54) is 22.6 Å². The van der Waals surface area contributed by atoms with E-state index in [-0.39, 0.29) is 11.4 Å². The molecule has 6 heteroatoms. The van der Waals surface area contributed by atoms with Crippen LogP contribution in [0.25, 0.3) is 10.8 Å². The minimum atomic E-state index is -0.386. The molecule has 0 radical (unpaired) electrons. The molecule has 2 heterocycles. The number of carbonyl (C=O) groups excluding carboxylic acids is 1. The van der Waals surface area contributed by atoms with Crippen molar-refractivity contribution >= 4 is 40.2 Å². The highest BCUT2D eigenvalue weighted by Gasteiger charge is 2.49. The van der Waals surface area contributed by atoms with E-state index < -0.39 is 0 Å². The topological polar surface area (TPSA) is 38.8 Å². The summed E-state index contributed by atoms with van der Waals surface area (Å²) in [4.78, 5) is 15.5. The zero-order valence-electron chi connectivity index (χ0n) is 17.7. The fourth-order valence-corrected chi connectivity index (χ4v) is 6.33. The number of ether oxygens (including phenoxy) is 2. The van der Waals surface area contributed by atoms with Crippen LogP contribution in [0, 0.1) is 0 Å². The summed E-state index contributed by atoms with van der Waals surface area (Å²) in [6.07, 6.45) is 2.00. The maximum atomic E-state index is 13.5. The van der Waals surface area contributed by atoms with Crippen molar-refractivity contribution in [3.63, 3.8) is 0 Å². The number of thioether (sulfide) groups is 2. The molecule has 1 unspecified atom stereocenters. The van der Waals surface area contributed by atoms with Crippen LogP contribution in [-0.4, -0.2) is 66.8 Å². The van der Waals surface area contributed by atoms with Gasteiger partial charge in [-0.1, -0.05) is 31.2 Å². The first kappa shape index (κ1) is 22.0. The Morgan fingerprint density at radius 3 is 2.60 bits per heavy atom. The first-order valence-electron chi connectivity index (χ1n) is 10.9. The molecule has 4 rings (SSSR count). The van der Waals surface area contributed by atoms with Gasteiger partial charge in [-0.25, -0.2) is 0 Å². The fourth-order valence-electron chi connectivity index (χ4n) is 4.55. The summed E-state index contributed by atoms with van der Waals surface area (Å²) < 4.78 is 11.8. The lowest BCUT2D eigenvalue weighted by molar-refractivity contribution is 0.00441. The van der Waals surface area contributed by atoms with Crippen molar-refractivity contribution < 1.29 is 14.3 Å². The van der Waals surface area contributed by atoms with Crippen molar-refractivity contribution in [1.29, 1.82) is 0 Å². The second-order valence-electron chi connectivity index (χ2n) is 7.81. The number of benzene rings is 2. The van der Waals surface area contributed by atoms with Gasteiger partial charge in [-0.2, -0.15) is 23.5 Å². The second kappa shape index (κ2) is 10.4. The molecule has 2 aromatic carbocycles. The Labute approximate surface area is 188 Å². The van der Waals surface area contributed by atoms with Crippen LogP contribution in [0.3, 0.4) is 0 Å². The average Bonchev–Trinajstić information content (AvgIpc) is 3.04. The summed E-state index contributed by atoms with van der Waals surface area (Å²) in [5.41, 5.74) is 1.59. The lowest BCUT2D eigenvalue weighted by Crippen LogP contribution is -2.48. The SMILES string of the molecule is CCSCCSCCCC12COCCOCCN1C(=O)c1cc3ccccc3cc12. The van der Waals surface area contributed by atoms with Gasteiger partial charge in [-0.3, -0.25) is 4.79 Å². The van der Waals surface area contributed by atoms with E-state index in [1.807, 2.05) is 34.5 Å². The highest BCUT2D eigenvalue weighted by molar-refractivity contribution is 8.02. The van der Waals surface area contributed by atoms with Gasteiger partial charge in [0.25, 0.3) is 5.91 Å². The molecule has 0 spiro atoms. The number of amides is 1. The molecule has 0 bridgehead atoms. The number of hydrogen-bond donors (Lipinski definition) is 0. The van der Waals surface area contributed by atoms with Crippen LogP contribution in [0.2, 0.25) is 0 Å². The van der Waals surface area contributed by atoms with Gasteiger partial charge >= 0.3 is 0 Å². The monoisotopic (exact) mass is 445 g/mol. The van der Waals surface area contributed by atoms with E-state index in [4.69, 9.17) is 9.47 Å². The van der Waals surface area contributed by atoms with E-state index in [1.54, 1.807) is 0 Å². The summed E-state index contributed by atoms with van der Waals surface area (Å²) in [5, 5.41) is 2.31. The first-order valence-corrected chi connectivity index (χ1v) is 13.2. The van der Waals surface area contributed by atoms with Crippen LogP contribution in [0.1, 0.15) is 35.7 Å². The molecular formula is C24H31NO3S2. The van der Waals surface area contributed by atoms with Gasteiger partial charge < -0.3 is 14.4 Å². The van der Waals surface area contributed by atoms with Gasteiger partial charge in [0.05, 0.1) is 32.0 Å². The summed E-state index contributed by atoms with van der Waals surface area (Å²) in [7, 11) is 0. The minimum absolute atomic E-state index is 0.122. The van der Waals surface area contributed by atoms with Crippen LogP contribution in [0.5, 0.6) is 0 Å². The number of fused-ring (bicyclic) bond motifs is 4. The molecule has 2 aromatic rings. The molecule has 0 N–H and O–H groups in total. The molecule has 1 saturated heterocycles. The van der Waals surface area contributed by atoms with E-state index >= 15 is 0 Å². The Morgan fingerprint density at radius 2 is 1.77 bits per heavy atom. The summed E-state index contributed by atoms with van der Waals surface area (Å²) in [5.74, 6) is 4.83. The van der Waals surface area contributed by atoms with Crippen molar-refractivity contribution in [3.8, 4) is 0 Å². The third-order valence-corrected chi connectivity index (χ3v) is 8.24. The molecule has 0 saturated carbocycles. The van der Waals surface area contributed by atoms with Gasteiger partial charge in [-0.15, -0.1) is 0 Å².